The number of esters is 1. The van der Waals surface area contributed by atoms with E-state index >= 15 is 0 Å². The topological polar surface area (TPSA) is 87.0 Å². The van der Waals surface area contributed by atoms with Crippen LogP contribution >= 0.6 is 0 Å². The average Bonchev–Trinajstić information content (AvgIpc) is 2.96. The number of hydrogen-bond donors (Lipinski definition) is 3. The van der Waals surface area contributed by atoms with Crippen LogP contribution in [0.25, 0.3) is 0 Å². The molecule has 1 heterocycles. The number of aliphatic hydroxyl groups is 3. The van der Waals surface area contributed by atoms with Gasteiger partial charge in [0.05, 0.1) is 18.8 Å². The second kappa shape index (κ2) is 6.53. The average molecular weight is 350 g/mol. The molecule has 0 saturated heterocycles. The third-order valence-electron chi connectivity index (χ3n) is 7.18. The molecule has 3 N–H and O–H groups in total. The summed E-state index contributed by atoms with van der Waals surface area (Å²) in [6.07, 6.45) is 3.76. The van der Waals surface area contributed by atoms with Gasteiger partial charge in [-0.2, -0.15) is 0 Å². The van der Waals surface area contributed by atoms with Gasteiger partial charge in [-0.25, -0.2) is 4.79 Å². The normalized spacial score (nSPS) is 42.6. The van der Waals surface area contributed by atoms with E-state index in [2.05, 4.69) is 13.5 Å². The molecule has 2 fully saturated rings. The van der Waals surface area contributed by atoms with E-state index in [0.717, 1.165) is 24.8 Å². The van der Waals surface area contributed by atoms with Gasteiger partial charge in [0.15, 0.2) is 0 Å². The minimum absolute atomic E-state index is 0.0683. The maximum atomic E-state index is 11.7. The SMILES string of the molecule is C=C1CC[C@@H]2[C@](C)(CO)[C@H](O)CC[C@@]2(C)[C@@H]1[C@H](O)CC1=CCOC1=O. The van der Waals surface area contributed by atoms with E-state index in [1.165, 1.54) is 0 Å². The predicted octanol–water partition coefficient (Wildman–Crippen LogP) is 1.96. The first kappa shape index (κ1) is 18.6. The van der Waals surface area contributed by atoms with Crippen LogP contribution in [-0.2, 0) is 9.53 Å². The Morgan fingerprint density at radius 2 is 2.12 bits per heavy atom. The summed E-state index contributed by atoms with van der Waals surface area (Å²) in [6, 6.07) is 0. The summed E-state index contributed by atoms with van der Waals surface area (Å²) in [5, 5.41) is 31.5. The molecule has 2 aliphatic carbocycles. The van der Waals surface area contributed by atoms with Gasteiger partial charge in [0.2, 0.25) is 0 Å². The Morgan fingerprint density at radius 1 is 1.40 bits per heavy atom. The van der Waals surface area contributed by atoms with E-state index in [4.69, 9.17) is 4.74 Å². The minimum atomic E-state index is -0.713. The fourth-order valence-electron chi connectivity index (χ4n) is 5.75. The fourth-order valence-corrected chi connectivity index (χ4v) is 5.75. The van der Waals surface area contributed by atoms with Gasteiger partial charge >= 0.3 is 5.97 Å². The standard InChI is InChI=1S/C20H30O5/c1-12-4-5-15-19(2,8-6-16(23)20(15,3)11-21)17(12)14(22)10-13-7-9-25-18(13)24/h7,14-17,21-23H,1,4-6,8-11H2,2-3H3/t14-,15+,16-,17+,19-,20+/m1/s1. The van der Waals surface area contributed by atoms with E-state index in [0.29, 0.717) is 12.0 Å². The van der Waals surface area contributed by atoms with Crippen molar-refractivity contribution in [3.63, 3.8) is 0 Å². The summed E-state index contributed by atoms with van der Waals surface area (Å²) in [5.74, 6) is -0.399. The highest BCUT2D eigenvalue weighted by atomic mass is 16.5. The molecule has 3 rings (SSSR count). The zero-order valence-electron chi connectivity index (χ0n) is 15.2. The van der Waals surface area contributed by atoms with Crippen LogP contribution in [0.1, 0.15) is 46.0 Å². The second-order valence-electron chi connectivity index (χ2n) is 8.55. The molecule has 0 spiro atoms. The summed E-state index contributed by atoms with van der Waals surface area (Å²) in [6.45, 7) is 8.53. The number of rotatable bonds is 4. The molecule has 0 bridgehead atoms. The van der Waals surface area contributed by atoms with Crippen molar-refractivity contribution in [1.82, 2.24) is 0 Å². The Balaban J connectivity index is 1.89. The van der Waals surface area contributed by atoms with Gasteiger partial charge in [0.25, 0.3) is 0 Å². The number of carbonyl (C=O) groups excluding carboxylic acids is 1. The lowest BCUT2D eigenvalue weighted by Gasteiger charge is -2.60. The lowest BCUT2D eigenvalue weighted by atomic mass is 9.45. The molecule has 0 aromatic heterocycles. The van der Waals surface area contributed by atoms with Crippen LogP contribution in [0, 0.1) is 22.7 Å². The molecule has 5 heteroatoms. The van der Waals surface area contributed by atoms with E-state index in [-0.39, 0.29) is 42.9 Å². The van der Waals surface area contributed by atoms with Crippen molar-refractivity contribution in [2.45, 2.75) is 58.2 Å². The van der Waals surface area contributed by atoms with Crippen LogP contribution in [0.3, 0.4) is 0 Å². The number of cyclic esters (lactones) is 1. The van der Waals surface area contributed by atoms with Crippen molar-refractivity contribution in [3.05, 3.63) is 23.8 Å². The number of aliphatic hydroxyl groups excluding tert-OH is 3. The highest BCUT2D eigenvalue weighted by molar-refractivity contribution is 5.90. The molecule has 3 aliphatic rings. The van der Waals surface area contributed by atoms with Gasteiger partial charge in [-0.1, -0.05) is 26.0 Å². The molecule has 25 heavy (non-hydrogen) atoms. The highest BCUT2D eigenvalue weighted by Gasteiger charge is 2.59. The van der Waals surface area contributed by atoms with Crippen LogP contribution < -0.4 is 0 Å². The van der Waals surface area contributed by atoms with Crippen LogP contribution in [0.2, 0.25) is 0 Å². The molecule has 0 radical (unpaired) electrons. The zero-order valence-corrected chi connectivity index (χ0v) is 15.2. The quantitative estimate of drug-likeness (QED) is 0.533. The van der Waals surface area contributed by atoms with Gasteiger partial charge in [-0.3, -0.25) is 0 Å². The van der Waals surface area contributed by atoms with E-state index in [1.54, 1.807) is 6.08 Å². The Hall–Kier alpha value is -1.17. The van der Waals surface area contributed by atoms with Crippen LogP contribution in [0.15, 0.2) is 23.8 Å². The summed E-state index contributed by atoms with van der Waals surface area (Å²) < 4.78 is 4.95. The van der Waals surface area contributed by atoms with E-state index in [1.807, 2.05) is 6.92 Å². The molecule has 2 saturated carbocycles. The molecule has 0 amide bonds. The lowest BCUT2D eigenvalue weighted by molar-refractivity contribution is -0.164. The Morgan fingerprint density at radius 3 is 2.72 bits per heavy atom. The summed E-state index contributed by atoms with van der Waals surface area (Å²) in [4.78, 5) is 11.7. The van der Waals surface area contributed by atoms with Crippen LogP contribution in [0.5, 0.6) is 0 Å². The Labute approximate surface area is 149 Å². The molecular formula is C20H30O5. The maximum absolute atomic E-state index is 11.7. The first-order valence-electron chi connectivity index (χ1n) is 9.25. The predicted molar refractivity (Wildman–Crippen MR) is 93.6 cm³/mol. The minimum Gasteiger partial charge on any atom is -0.458 e. The number of hydrogen-bond acceptors (Lipinski definition) is 5. The van der Waals surface area contributed by atoms with Crippen molar-refractivity contribution in [2.75, 3.05) is 13.2 Å². The van der Waals surface area contributed by atoms with Crippen molar-refractivity contribution in [2.24, 2.45) is 22.7 Å². The number of fused-ring (bicyclic) bond motifs is 1. The summed E-state index contributed by atoms with van der Waals surface area (Å²) in [5.41, 5.74) is 0.716. The second-order valence-corrected chi connectivity index (χ2v) is 8.55. The van der Waals surface area contributed by atoms with Crippen LogP contribution in [0.4, 0.5) is 0 Å². The molecule has 5 nitrogen and oxygen atoms in total. The molecule has 0 unspecified atom stereocenters. The Kier molecular flexibility index (Phi) is 4.86. The zero-order chi connectivity index (χ0) is 18.4. The van der Waals surface area contributed by atoms with Gasteiger partial charge < -0.3 is 20.1 Å². The van der Waals surface area contributed by atoms with Gasteiger partial charge in [-0.15, -0.1) is 0 Å². The third-order valence-corrected chi connectivity index (χ3v) is 7.18. The summed E-state index contributed by atoms with van der Waals surface area (Å²) in [7, 11) is 0. The highest BCUT2D eigenvalue weighted by Crippen LogP contribution is 2.61. The van der Waals surface area contributed by atoms with Crippen molar-refractivity contribution in [3.8, 4) is 0 Å². The maximum Gasteiger partial charge on any atom is 0.334 e. The lowest BCUT2D eigenvalue weighted by Crippen LogP contribution is -2.59. The van der Waals surface area contributed by atoms with Gasteiger partial charge in [0, 0.05) is 23.3 Å². The van der Waals surface area contributed by atoms with E-state index < -0.39 is 17.6 Å². The Bertz CT molecular complexity index is 597. The number of carbonyl (C=O) groups is 1. The molecule has 0 aromatic carbocycles. The number of ether oxygens (including phenoxy) is 1. The third kappa shape index (κ3) is 2.86. The van der Waals surface area contributed by atoms with Gasteiger partial charge in [-0.05, 0) is 43.1 Å². The van der Waals surface area contributed by atoms with E-state index in [9.17, 15) is 20.1 Å². The van der Waals surface area contributed by atoms with Crippen molar-refractivity contribution < 1.29 is 24.9 Å². The summed E-state index contributed by atoms with van der Waals surface area (Å²) >= 11 is 0. The molecule has 0 aromatic rings. The first-order chi connectivity index (χ1) is 11.7. The van der Waals surface area contributed by atoms with Crippen molar-refractivity contribution >= 4 is 5.97 Å². The molecular weight excluding hydrogens is 320 g/mol. The molecule has 6 atom stereocenters. The fraction of sp³-hybridized carbons (Fsp3) is 0.750. The van der Waals surface area contributed by atoms with Crippen LogP contribution in [-0.4, -0.2) is 46.7 Å². The largest absolute Gasteiger partial charge is 0.458 e. The monoisotopic (exact) mass is 350 g/mol. The molecule has 140 valence electrons. The smallest absolute Gasteiger partial charge is 0.334 e. The van der Waals surface area contributed by atoms with Gasteiger partial charge in [0.1, 0.15) is 6.61 Å². The van der Waals surface area contributed by atoms with Crippen molar-refractivity contribution in [1.29, 1.82) is 0 Å². The first-order valence-corrected chi connectivity index (χ1v) is 9.25. The molecule has 1 aliphatic heterocycles.